The Morgan fingerprint density at radius 2 is 2.13 bits per heavy atom. The smallest absolute Gasteiger partial charge is 0.229 e. The van der Waals surface area contributed by atoms with Gasteiger partial charge in [0, 0.05) is 19.0 Å². The van der Waals surface area contributed by atoms with Crippen molar-refractivity contribution >= 4 is 0 Å². The van der Waals surface area contributed by atoms with Crippen molar-refractivity contribution in [1.29, 1.82) is 0 Å². The van der Waals surface area contributed by atoms with E-state index in [1.165, 1.54) is 18.4 Å². The Morgan fingerprint density at radius 1 is 1.30 bits per heavy atom. The van der Waals surface area contributed by atoms with Gasteiger partial charge in [-0.25, -0.2) is 4.68 Å². The van der Waals surface area contributed by atoms with Gasteiger partial charge in [0.05, 0.1) is 24.9 Å². The van der Waals surface area contributed by atoms with Gasteiger partial charge in [0.15, 0.2) is 5.82 Å². The second-order valence-electron chi connectivity index (χ2n) is 6.58. The molecular weight excluding hydrogens is 294 g/mol. The Kier molecular flexibility index (Phi) is 3.60. The van der Waals surface area contributed by atoms with E-state index in [4.69, 9.17) is 9.26 Å². The first-order valence-electron chi connectivity index (χ1n) is 8.31. The highest BCUT2D eigenvalue weighted by atomic mass is 16.5. The van der Waals surface area contributed by atoms with Gasteiger partial charge in [-0.1, -0.05) is 5.16 Å². The van der Waals surface area contributed by atoms with Crippen LogP contribution < -0.4 is 4.74 Å². The summed E-state index contributed by atoms with van der Waals surface area (Å²) in [4.78, 5) is 6.97. The number of likely N-dealkylation sites (tertiary alicyclic amines) is 1. The summed E-state index contributed by atoms with van der Waals surface area (Å²) in [7, 11) is 3.63. The highest BCUT2D eigenvalue weighted by Crippen LogP contribution is 2.41. The van der Waals surface area contributed by atoms with Crippen molar-refractivity contribution in [2.45, 2.75) is 51.1 Å². The maximum atomic E-state index is 5.58. The minimum absolute atomic E-state index is 0.307. The molecule has 1 saturated heterocycles. The second-order valence-corrected chi connectivity index (χ2v) is 6.58. The third-order valence-electron chi connectivity index (χ3n) is 4.86. The zero-order valence-electron chi connectivity index (χ0n) is 13.9. The zero-order chi connectivity index (χ0) is 16.0. The standard InChI is InChI=1S/C16H23N5O2/c1-10-14(16(22-3)20(2)18-10)12-5-4-8-21(12)9-13-17-15(23-19-13)11-6-7-11/h11-12H,4-9H2,1-3H3/t12-/m1/s1. The van der Waals surface area contributed by atoms with E-state index < -0.39 is 0 Å². The summed E-state index contributed by atoms with van der Waals surface area (Å²) in [5, 5.41) is 8.68. The van der Waals surface area contributed by atoms with Crippen molar-refractivity contribution in [2.75, 3.05) is 13.7 Å². The van der Waals surface area contributed by atoms with Crippen LogP contribution in [0.1, 0.15) is 60.6 Å². The molecule has 0 spiro atoms. The predicted molar refractivity (Wildman–Crippen MR) is 83.2 cm³/mol. The van der Waals surface area contributed by atoms with Crippen LogP contribution in [-0.2, 0) is 13.6 Å². The first-order chi connectivity index (χ1) is 11.2. The molecule has 2 fully saturated rings. The Hall–Kier alpha value is -1.89. The van der Waals surface area contributed by atoms with E-state index in [0.29, 0.717) is 12.0 Å². The normalized spacial score (nSPS) is 22.0. The molecule has 4 rings (SSSR count). The van der Waals surface area contributed by atoms with E-state index in [0.717, 1.165) is 49.2 Å². The van der Waals surface area contributed by atoms with E-state index in [-0.39, 0.29) is 0 Å². The molecule has 2 aromatic rings. The fourth-order valence-electron chi connectivity index (χ4n) is 3.63. The Bertz CT molecular complexity index is 703. The summed E-state index contributed by atoms with van der Waals surface area (Å²) in [6, 6.07) is 0.307. The van der Waals surface area contributed by atoms with Crippen LogP contribution in [0.2, 0.25) is 0 Å². The average Bonchev–Trinajstić information content (AvgIpc) is 2.98. The fraction of sp³-hybridized carbons (Fsp3) is 0.688. The van der Waals surface area contributed by atoms with Crippen LogP contribution in [0.4, 0.5) is 0 Å². The summed E-state index contributed by atoms with van der Waals surface area (Å²) in [6.07, 6.45) is 4.63. The number of rotatable bonds is 5. The minimum Gasteiger partial charge on any atom is -0.481 e. The molecule has 1 saturated carbocycles. The molecule has 2 aliphatic rings. The molecule has 2 aromatic heterocycles. The highest BCUT2D eigenvalue weighted by Gasteiger charge is 2.34. The number of aromatic nitrogens is 4. The van der Waals surface area contributed by atoms with Gasteiger partial charge in [-0.15, -0.1) is 0 Å². The molecule has 7 heteroatoms. The number of hydrogen-bond donors (Lipinski definition) is 0. The molecule has 1 atom stereocenters. The van der Waals surface area contributed by atoms with E-state index in [2.05, 4.69) is 20.1 Å². The van der Waals surface area contributed by atoms with E-state index in [1.807, 2.05) is 18.7 Å². The molecule has 0 N–H and O–H groups in total. The summed E-state index contributed by atoms with van der Waals surface area (Å²) >= 11 is 0. The number of nitrogens with zero attached hydrogens (tertiary/aromatic N) is 5. The lowest BCUT2D eigenvalue weighted by atomic mass is 10.1. The van der Waals surface area contributed by atoms with Crippen LogP contribution in [-0.4, -0.2) is 38.5 Å². The van der Waals surface area contributed by atoms with Crippen molar-refractivity contribution in [1.82, 2.24) is 24.8 Å². The van der Waals surface area contributed by atoms with Gasteiger partial charge in [-0.05, 0) is 39.2 Å². The molecule has 0 radical (unpaired) electrons. The molecule has 0 aromatic carbocycles. The quantitative estimate of drug-likeness (QED) is 0.843. The topological polar surface area (TPSA) is 69.2 Å². The van der Waals surface area contributed by atoms with Crippen LogP contribution >= 0.6 is 0 Å². The van der Waals surface area contributed by atoms with E-state index in [9.17, 15) is 0 Å². The monoisotopic (exact) mass is 317 g/mol. The van der Waals surface area contributed by atoms with E-state index >= 15 is 0 Å². The lowest BCUT2D eigenvalue weighted by Crippen LogP contribution is -2.24. The fourth-order valence-corrected chi connectivity index (χ4v) is 3.63. The van der Waals surface area contributed by atoms with Crippen molar-refractivity contribution < 1.29 is 9.26 Å². The summed E-state index contributed by atoms with van der Waals surface area (Å²) < 4.78 is 12.8. The average molecular weight is 317 g/mol. The molecule has 7 nitrogen and oxygen atoms in total. The Morgan fingerprint density at radius 3 is 2.87 bits per heavy atom. The molecule has 1 aliphatic heterocycles. The molecule has 0 amide bonds. The number of ether oxygens (including phenoxy) is 1. The van der Waals surface area contributed by atoms with Gasteiger partial charge in [-0.3, -0.25) is 4.90 Å². The van der Waals surface area contributed by atoms with Gasteiger partial charge in [0.2, 0.25) is 11.8 Å². The maximum absolute atomic E-state index is 5.58. The summed E-state index contributed by atoms with van der Waals surface area (Å²) in [5.41, 5.74) is 2.23. The van der Waals surface area contributed by atoms with Crippen LogP contribution in [0.3, 0.4) is 0 Å². The minimum atomic E-state index is 0.307. The first kappa shape index (κ1) is 14.7. The zero-order valence-corrected chi connectivity index (χ0v) is 13.9. The molecular formula is C16H23N5O2. The third-order valence-corrected chi connectivity index (χ3v) is 4.86. The third kappa shape index (κ3) is 2.63. The Balaban J connectivity index is 1.56. The van der Waals surface area contributed by atoms with Gasteiger partial charge < -0.3 is 9.26 Å². The van der Waals surface area contributed by atoms with Gasteiger partial charge in [-0.2, -0.15) is 10.1 Å². The van der Waals surface area contributed by atoms with Gasteiger partial charge in [0.25, 0.3) is 0 Å². The van der Waals surface area contributed by atoms with Crippen molar-refractivity contribution in [3.8, 4) is 5.88 Å². The molecule has 0 unspecified atom stereocenters. The van der Waals surface area contributed by atoms with Crippen molar-refractivity contribution in [2.24, 2.45) is 7.05 Å². The number of methoxy groups -OCH3 is 1. The van der Waals surface area contributed by atoms with Crippen molar-refractivity contribution in [3.05, 3.63) is 23.0 Å². The second kappa shape index (κ2) is 5.63. The molecule has 0 bridgehead atoms. The number of aryl methyl sites for hydroxylation is 2. The lowest BCUT2D eigenvalue weighted by molar-refractivity contribution is 0.231. The molecule has 1 aliphatic carbocycles. The van der Waals surface area contributed by atoms with Gasteiger partial charge >= 0.3 is 0 Å². The van der Waals surface area contributed by atoms with Crippen LogP contribution in [0, 0.1) is 6.92 Å². The molecule has 124 valence electrons. The van der Waals surface area contributed by atoms with E-state index in [1.54, 1.807) is 7.11 Å². The lowest BCUT2D eigenvalue weighted by Gasteiger charge is -2.23. The largest absolute Gasteiger partial charge is 0.481 e. The predicted octanol–water partition coefficient (Wildman–Crippen LogP) is 2.33. The van der Waals surface area contributed by atoms with Crippen molar-refractivity contribution in [3.63, 3.8) is 0 Å². The SMILES string of the molecule is COc1c([C@H]2CCCN2Cc2noc(C3CC3)n2)c(C)nn1C. The summed E-state index contributed by atoms with van der Waals surface area (Å²) in [6.45, 7) is 3.81. The molecule has 23 heavy (non-hydrogen) atoms. The maximum Gasteiger partial charge on any atom is 0.229 e. The van der Waals surface area contributed by atoms with Crippen LogP contribution in [0.25, 0.3) is 0 Å². The van der Waals surface area contributed by atoms with Gasteiger partial charge in [0.1, 0.15) is 0 Å². The van der Waals surface area contributed by atoms with Crippen LogP contribution in [0.15, 0.2) is 4.52 Å². The Labute approximate surface area is 135 Å². The summed E-state index contributed by atoms with van der Waals surface area (Å²) in [5.74, 6) is 2.96. The van der Waals surface area contributed by atoms with Crippen LogP contribution in [0.5, 0.6) is 5.88 Å². The highest BCUT2D eigenvalue weighted by molar-refractivity contribution is 5.35. The number of hydrogen-bond acceptors (Lipinski definition) is 6. The first-order valence-corrected chi connectivity index (χ1v) is 8.31. The molecule has 3 heterocycles.